The van der Waals surface area contributed by atoms with E-state index in [1.165, 1.54) is 11.1 Å². The lowest BCUT2D eigenvalue weighted by Crippen LogP contribution is -2.39. The van der Waals surface area contributed by atoms with Gasteiger partial charge in [-0.05, 0) is 29.9 Å². The van der Waals surface area contributed by atoms with Crippen LogP contribution in [0.4, 0.5) is 0 Å². The Labute approximate surface area is 148 Å². The lowest BCUT2D eigenvalue weighted by atomic mass is 9.99. The van der Waals surface area contributed by atoms with E-state index in [0.29, 0.717) is 6.54 Å². The molecule has 0 N–H and O–H groups in total. The monoisotopic (exact) mass is 339 g/mol. The summed E-state index contributed by atoms with van der Waals surface area (Å²) >= 11 is 0. The van der Waals surface area contributed by atoms with Gasteiger partial charge in [0.25, 0.3) is 0 Å². The molecule has 1 saturated heterocycles. The largest absolute Gasteiger partial charge is 0.341 e. The molecule has 0 spiro atoms. The number of likely N-dealkylation sites (tertiary alicyclic amines) is 1. The number of fused-ring (bicyclic) bond motifs is 1. The number of piperidine rings is 1. The number of amides is 1. The Morgan fingerprint density at radius 2 is 1.84 bits per heavy atom. The number of hydrogen-bond donors (Lipinski definition) is 0. The molecular weight excluding hydrogens is 314 g/mol. The van der Waals surface area contributed by atoms with Gasteiger partial charge in [-0.2, -0.15) is 0 Å². The van der Waals surface area contributed by atoms with E-state index in [1.807, 2.05) is 11.1 Å². The summed E-state index contributed by atoms with van der Waals surface area (Å²) < 4.78 is 1.68. The van der Waals surface area contributed by atoms with E-state index in [-0.39, 0.29) is 5.91 Å². The Bertz CT molecular complexity index is 723. The van der Waals surface area contributed by atoms with Gasteiger partial charge in [-0.15, -0.1) is 5.10 Å². The Kier molecular flexibility index (Phi) is 4.53. The average Bonchev–Trinajstić information content (AvgIpc) is 3.21. The van der Waals surface area contributed by atoms with Crippen LogP contribution in [0.1, 0.15) is 36.6 Å². The highest BCUT2D eigenvalue weighted by Crippen LogP contribution is 2.23. The van der Waals surface area contributed by atoms with Gasteiger partial charge in [-0.1, -0.05) is 36.4 Å². The maximum absolute atomic E-state index is 12.4. The summed E-state index contributed by atoms with van der Waals surface area (Å²) in [4.78, 5) is 16.7. The van der Waals surface area contributed by atoms with Gasteiger partial charge in [0.05, 0.1) is 11.9 Å². The Balaban J connectivity index is 1.31. The summed E-state index contributed by atoms with van der Waals surface area (Å²) in [5, 5.41) is 8.40. The van der Waals surface area contributed by atoms with Crippen molar-refractivity contribution >= 4 is 5.91 Å². The Morgan fingerprint density at radius 1 is 1.16 bits per heavy atom. The first-order valence-electron chi connectivity index (χ1n) is 9.13. The molecule has 0 aliphatic carbocycles. The molecule has 1 fully saturated rings. The summed E-state index contributed by atoms with van der Waals surface area (Å²) in [6.45, 7) is 6.96. The first-order valence-corrected chi connectivity index (χ1v) is 9.13. The molecule has 0 atom stereocenters. The van der Waals surface area contributed by atoms with Crippen LogP contribution in [0.25, 0.3) is 0 Å². The van der Waals surface area contributed by atoms with E-state index >= 15 is 0 Å². The number of carbonyl (C=O) groups excluding carboxylic acids is 1. The highest BCUT2D eigenvalue weighted by Gasteiger charge is 2.22. The normalized spacial score (nSPS) is 18.5. The van der Waals surface area contributed by atoms with Crippen LogP contribution < -0.4 is 0 Å². The van der Waals surface area contributed by atoms with Crippen molar-refractivity contribution in [2.45, 2.75) is 45.9 Å². The average molecular weight is 339 g/mol. The van der Waals surface area contributed by atoms with Crippen molar-refractivity contribution in [3.8, 4) is 0 Å². The third-order valence-electron chi connectivity index (χ3n) is 5.31. The van der Waals surface area contributed by atoms with Crippen molar-refractivity contribution in [1.82, 2.24) is 24.8 Å². The molecular formula is C19H25N5O. The number of hydrogen-bond acceptors (Lipinski definition) is 4. The summed E-state index contributed by atoms with van der Waals surface area (Å²) in [5.41, 5.74) is 3.71. The lowest BCUT2D eigenvalue weighted by molar-refractivity contribution is -0.133. The summed E-state index contributed by atoms with van der Waals surface area (Å²) in [5.74, 6) is 0.878. The van der Waals surface area contributed by atoms with Gasteiger partial charge in [-0.25, -0.2) is 4.68 Å². The molecule has 1 aromatic heterocycles. The molecule has 0 bridgehead atoms. The minimum absolute atomic E-state index is 0.150. The van der Waals surface area contributed by atoms with Crippen molar-refractivity contribution in [1.29, 1.82) is 0 Å². The SMILES string of the molecule is CC1CCN(C(=O)Cn2cc(CN3Cc4ccccc4C3)nn2)CC1. The van der Waals surface area contributed by atoms with Crippen LogP contribution in [0.3, 0.4) is 0 Å². The molecule has 0 saturated carbocycles. The maximum atomic E-state index is 12.4. The van der Waals surface area contributed by atoms with Gasteiger partial charge < -0.3 is 4.90 Å². The molecule has 0 unspecified atom stereocenters. The van der Waals surface area contributed by atoms with E-state index in [1.54, 1.807) is 4.68 Å². The second-order valence-electron chi connectivity index (χ2n) is 7.38. The number of benzene rings is 1. The quantitative estimate of drug-likeness (QED) is 0.855. The zero-order valence-corrected chi connectivity index (χ0v) is 14.8. The van der Waals surface area contributed by atoms with Gasteiger partial charge in [0.1, 0.15) is 6.54 Å². The van der Waals surface area contributed by atoms with Gasteiger partial charge in [0.2, 0.25) is 5.91 Å². The standard InChI is InChI=1S/C19H25N5O/c1-15-6-8-23(9-7-15)19(25)14-24-13-18(20-21-24)12-22-10-16-4-2-3-5-17(16)11-22/h2-5,13,15H,6-12,14H2,1H3. The molecule has 4 rings (SSSR count). The topological polar surface area (TPSA) is 54.3 Å². The second-order valence-corrected chi connectivity index (χ2v) is 7.38. The van der Waals surface area contributed by atoms with Crippen molar-refractivity contribution < 1.29 is 4.79 Å². The number of rotatable bonds is 4. The summed E-state index contributed by atoms with van der Waals surface area (Å²) in [6.07, 6.45) is 4.11. The first kappa shape index (κ1) is 16.3. The smallest absolute Gasteiger partial charge is 0.244 e. The second kappa shape index (κ2) is 6.96. The van der Waals surface area contributed by atoms with Gasteiger partial charge in [0.15, 0.2) is 0 Å². The molecule has 2 aliphatic heterocycles. The predicted molar refractivity (Wildman–Crippen MR) is 94.4 cm³/mol. The summed E-state index contributed by atoms with van der Waals surface area (Å²) in [7, 11) is 0. The van der Waals surface area contributed by atoms with Gasteiger partial charge in [-0.3, -0.25) is 9.69 Å². The van der Waals surface area contributed by atoms with E-state index in [0.717, 1.165) is 57.2 Å². The molecule has 1 amide bonds. The first-order chi connectivity index (χ1) is 12.2. The highest BCUT2D eigenvalue weighted by molar-refractivity contribution is 5.75. The minimum atomic E-state index is 0.150. The Hall–Kier alpha value is -2.21. The van der Waals surface area contributed by atoms with Crippen LogP contribution >= 0.6 is 0 Å². The summed E-state index contributed by atoms with van der Waals surface area (Å²) in [6, 6.07) is 8.55. The Morgan fingerprint density at radius 3 is 2.52 bits per heavy atom. The lowest BCUT2D eigenvalue weighted by Gasteiger charge is -2.30. The van der Waals surface area contributed by atoms with Crippen molar-refractivity contribution in [2.75, 3.05) is 13.1 Å². The number of carbonyl (C=O) groups is 1. The van der Waals surface area contributed by atoms with Crippen molar-refractivity contribution in [3.63, 3.8) is 0 Å². The van der Waals surface area contributed by atoms with Gasteiger partial charge >= 0.3 is 0 Å². The number of nitrogens with zero attached hydrogens (tertiary/aromatic N) is 5. The fraction of sp³-hybridized carbons (Fsp3) is 0.526. The van der Waals surface area contributed by atoms with Crippen LogP contribution in [0.2, 0.25) is 0 Å². The maximum Gasteiger partial charge on any atom is 0.244 e. The molecule has 2 aromatic rings. The van der Waals surface area contributed by atoms with E-state index in [2.05, 4.69) is 46.4 Å². The van der Waals surface area contributed by atoms with E-state index in [9.17, 15) is 4.79 Å². The fourth-order valence-corrected chi connectivity index (χ4v) is 3.73. The van der Waals surface area contributed by atoms with E-state index in [4.69, 9.17) is 0 Å². The minimum Gasteiger partial charge on any atom is -0.341 e. The third kappa shape index (κ3) is 3.74. The molecule has 6 heteroatoms. The highest BCUT2D eigenvalue weighted by atomic mass is 16.2. The molecule has 1 aromatic carbocycles. The van der Waals surface area contributed by atoms with Crippen LogP contribution in [0.15, 0.2) is 30.5 Å². The molecule has 25 heavy (non-hydrogen) atoms. The third-order valence-corrected chi connectivity index (χ3v) is 5.31. The molecule has 6 nitrogen and oxygen atoms in total. The van der Waals surface area contributed by atoms with Crippen molar-refractivity contribution in [2.24, 2.45) is 5.92 Å². The van der Waals surface area contributed by atoms with Crippen LogP contribution in [-0.2, 0) is 31.0 Å². The van der Waals surface area contributed by atoms with Crippen LogP contribution in [0, 0.1) is 5.92 Å². The van der Waals surface area contributed by atoms with E-state index < -0.39 is 0 Å². The molecule has 0 radical (unpaired) electrons. The fourth-order valence-electron chi connectivity index (χ4n) is 3.73. The predicted octanol–water partition coefficient (Wildman–Crippen LogP) is 2.05. The molecule has 132 valence electrons. The zero-order chi connectivity index (χ0) is 17.2. The molecule has 3 heterocycles. The van der Waals surface area contributed by atoms with Crippen LogP contribution in [0.5, 0.6) is 0 Å². The van der Waals surface area contributed by atoms with Crippen molar-refractivity contribution in [3.05, 3.63) is 47.3 Å². The number of aromatic nitrogens is 3. The van der Waals surface area contributed by atoms with Crippen LogP contribution in [-0.4, -0.2) is 43.8 Å². The molecule has 2 aliphatic rings. The van der Waals surface area contributed by atoms with Gasteiger partial charge in [0, 0.05) is 32.7 Å². The zero-order valence-electron chi connectivity index (χ0n) is 14.8.